The van der Waals surface area contributed by atoms with Crippen molar-refractivity contribution >= 4 is 45.0 Å². The number of benzene rings is 1. The molecule has 218 valence electrons. The van der Waals surface area contributed by atoms with Crippen LogP contribution in [0.3, 0.4) is 0 Å². The summed E-state index contributed by atoms with van der Waals surface area (Å²) in [4.78, 5) is 38.2. The second-order valence-electron chi connectivity index (χ2n) is 9.52. The van der Waals surface area contributed by atoms with E-state index < -0.39 is 62.6 Å². The number of rotatable bonds is 3. The van der Waals surface area contributed by atoms with Crippen molar-refractivity contribution < 1.29 is 45.1 Å². The monoisotopic (exact) mass is 609 g/mol. The van der Waals surface area contributed by atoms with E-state index in [9.17, 15) is 40.4 Å². The highest BCUT2D eigenvalue weighted by molar-refractivity contribution is 7.89. The van der Waals surface area contributed by atoms with E-state index >= 15 is 0 Å². The van der Waals surface area contributed by atoms with Gasteiger partial charge in [0.05, 0.1) is 6.61 Å². The van der Waals surface area contributed by atoms with Crippen molar-refractivity contribution in [1.29, 1.82) is 0 Å². The van der Waals surface area contributed by atoms with Crippen LogP contribution in [-0.4, -0.2) is 73.6 Å². The van der Waals surface area contributed by atoms with E-state index in [-0.39, 0.29) is 47.5 Å². The fourth-order valence-electron chi connectivity index (χ4n) is 4.41. The van der Waals surface area contributed by atoms with Crippen LogP contribution in [0.2, 0.25) is 5.15 Å². The Morgan fingerprint density at radius 1 is 1.23 bits per heavy atom. The zero-order chi connectivity index (χ0) is 29.7. The summed E-state index contributed by atoms with van der Waals surface area (Å²) < 4.78 is 87.9. The van der Waals surface area contributed by atoms with Gasteiger partial charge in [0.25, 0.3) is 5.91 Å². The average molecular weight is 610 g/mol. The summed E-state index contributed by atoms with van der Waals surface area (Å²) >= 11 is 6.31. The maximum atomic E-state index is 13.6. The van der Waals surface area contributed by atoms with E-state index in [0.29, 0.717) is 6.92 Å². The smallest absolute Gasteiger partial charge is 0.408 e. The summed E-state index contributed by atoms with van der Waals surface area (Å²) in [6.45, 7) is 1.40. The summed E-state index contributed by atoms with van der Waals surface area (Å²) in [7, 11) is -3.11. The Morgan fingerprint density at radius 2 is 1.90 bits per heavy atom. The topological polar surface area (TPSA) is 139 Å². The molecule has 0 unspecified atom stereocenters. The van der Waals surface area contributed by atoms with E-state index in [1.807, 2.05) is 0 Å². The molecule has 11 nitrogen and oxygen atoms in total. The molecule has 0 aliphatic carbocycles. The maximum Gasteiger partial charge on any atom is 0.408 e. The largest absolute Gasteiger partial charge is 0.489 e. The number of hydrogen-bond donors (Lipinski definition) is 3. The molecule has 2 aliphatic rings. The van der Waals surface area contributed by atoms with Gasteiger partial charge in [-0.3, -0.25) is 14.4 Å². The number of hydrogen-bond acceptors (Lipinski definition) is 6. The Morgan fingerprint density at radius 3 is 2.52 bits per heavy atom. The van der Waals surface area contributed by atoms with Crippen LogP contribution < -0.4 is 20.1 Å². The van der Waals surface area contributed by atoms with Crippen LogP contribution in [0.1, 0.15) is 23.0 Å². The van der Waals surface area contributed by atoms with E-state index in [2.05, 4.69) is 10.0 Å². The van der Waals surface area contributed by atoms with E-state index in [4.69, 9.17) is 16.3 Å². The lowest BCUT2D eigenvalue weighted by Gasteiger charge is -2.23. The zero-order valence-electron chi connectivity index (χ0n) is 21.2. The molecule has 3 N–H and O–H groups in total. The van der Waals surface area contributed by atoms with Gasteiger partial charge < -0.3 is 24.8 Å². The lowest BCUT2D eigenvalue weighted by Crippen LogP contribution is -2.50. The number of aromatic nitrogens is 1. The third-order valence-corrected chi connectivity index (χ3v) is 8.73. The van der Waals surface area contributed by atoms with Gasteiger partial charge in [-0.1, -0.05) is 11.6 Å². The highest BCUT2D eigenvalue weighted by atomic mass is 35.5. The Bertz CT molecular complexity index is 1500. The van der Waals surface area contributed by atoms with Crippen molar-refractivity contribution in [3.05, 3.63) is 40.4 Å². The second-order valence-corrected chi connectivity index (χ2v) is 11.5. The number of carbonyl (C=O) groups is 3. The number of fused-ring (bicyclic) bond motifs is 2. The molecule has 3 atom stereocenters. The molecule has 0 saturated carbocycles. The standard InChI is InChI=1S/C23H24ClF4N5O6S/c1-10-6-13(4-5-14(10)25)30-20(34)16-17-18(19(24)32(16)3)40(37,38)31-15-8-33(7-12(15)9-39-17)22(36)21(35)29-11(2)23(26,27)28/h4-6,11-12,15,31H,7-9H2,1-3H3,(H,29,35)(H,30,34)/t11-,12+,15+/m1/s1. The van der Waals surface area contributed by atoms with Gasteiger partial charge in [0, 0.05) is 37.8 Å². The molecule has 1 fully saturated rings. The van der Waals surface area contributed by atoms with Gasteiger partial charge in [-0.2, -0.15) is 13.2 Å². The number of nitrogens with zero attached hydrogens (tertiary/aromatic N) is 2. The van der Waals surface area contributed by atoms with Gasteiger partial charge in [0.15, 0.2) is 16.3 Å². The van der Waals surface area contributed by atoms with Gasteiger partial charge in [-0.05, 0) is 37.6 Å². The lowest BCUT2D eigenvalue weighted by molar-refractivity contribution is -0.162. The predicted molar refractivity (Wildman–Crippen MR) is 133 cm³/mol. The molecule has 2 aliphatic heterocycles. The number of ether oxygens (including phenoxy) is 1. The summed E-state index contributed by atoms with van der Waals surface area (Å²) in [5.41, 5.74) is 0.233. The van der Waals surface area contributed by atoms with Crippen LogP contribution in [0.15, 0.2) is 23.1 Å². The number of halogens is 5. The number of carbonyl (C=O) groups excluding carboxylic acids is 3. The summed E-state index contributed by atoms with van der Waals surface area (Å²) in [5, 5.41) is 3.77. The number of amides is 3. The van der Waals surface area contributed by atoms with E-state index in [0.717, 1.165) is 15.5 Å². The Hall–Kier alpha value is -3.37. The Labute approximate surface area is 230 Å². The first-order valence-corrected chi connectivity index (χ1v) is 13.6. The van der Waals surface area contributed by atoms with Gasteiger partial charge in [-0.25, -0.2) is 17.5 Å². The molecule has 2 aromatic rings. The molecule has 0 bridgehead atoms. The summed E-state index contributed by atoms with van der Waals surface area (Å²) in [6, 6.07) is 0.596. The van der Waals surface area contributed by atoms with Crippen LogP contribution in [0, 0.1) is 18.7 Å². The third-order valence-electron chi connectivity index (χ3n) is 6.65. The lowest BCUT2D eigenvalue weighted by atomic mass is 10.1. The molecule has 0 radical (unpaired) electrons. The van der Waals surface area contributed by atoms with Crippen LogP contribution >= 0.6 is 11.6 Å². The number of alkyl halides is 3. The van der Waals surface area contributed by atoms with Gasteiger partial charge >= 0.3 is 18.0 Å². The predicted octanol–water partition coefficient (Wildman–Crippen LogP) is 1.94. The molecule has 1 aromatic heterocycles. The van der Waals surface area contributed by atoms with Crippen LogP contribution in [0.5, 0.6) is 5.75 Å². The van der Waals surface area contributed by atoms with Crippen LogP contribution in [0.4, 0.5) is 23.2 Å². The molecule has 17 heteroatoms. The molecule has 3 amide bonds. The summed E-state index contributed by atoms with van der Waals surface area (Å²) in [5.74, 6) is -5.15. The SMILES string of the molecule is Cc1cc(NC(=O)c2c3c(c(Cl)n2C)S(=O)(=O)N[C@H]2CN(C(=O)C(=O)N[C@H](C)C(F)(F)F)C[C@H]2CO3)ccc1F. The van der Waals surface area contributed by atoms with E-state index in [1.165, 1.54) is 26.1 Å². The number of aryl methyl sites for hydroxylation is 1. The number of likely N-dealkylation sites (tertiary alicyclic amines) is 1. The minimum Gasteiger partial charge on any atom is -0.489 e. The van der Waals surface area contributed by atoms with Gasteiger partial charge in [-0.15, -0.1) is 0 Å². The van der Waals surface area contributed by atoms with Crippen molar-refractivity contribution in [3.63, 3.8) is 0 Å². The van der Waals surface area contributed by atoms with Crippen molar-refractivity contribution in [3.8, 4) is 5.75 Å². The van der Waals surface area contributed by atoms with Gasteiger partial charge in [0.1, 0.15) is 17.0 Å². The minimum atomic E-state index is -4.76. The molecule has 0 spiro atoms. The first kappa shape index (κ1) is 29.6. The Kier molecular flexibility index (Phi) is 7.81. The normalized spacial score (nSPS) is 20.9. The number of sulfonamides is 1. The molecule has 1 aromatic carbocycles. The quantitative estimate of drug-likeness (QED) is 0.359. The molecular formula is C23H24ClF4N5O6S. The molecular weight excluding hydrogens is 586 g/mol. The second kappa shape index (κ2) is 10.6. The highest BCUT2D eigenvalue weighted by Crippen LogP contribution is 2.40. The average Bonchev–Trinajstić information content (AvgIpc) is 3.35. The van der Waals surface area contributed by atoms with Crippen molar-refractivity contribution in [2.24, 2.45) is 13.0 Å². The first-order chi connectivity index (χ1) is 18.5. The molecule has 1 saturated heterocycles. The molecule has 40 heavy (non-hydrogen) atoms. The number of nitrogens with one attached hydrogen (secondary N) is 3. The Balaban J connectivity index is 1.58. The zero-order valence-corrected chi connectivity index (χ0v) is 22.8. The van der Waals surface area contributed by atoms with Crippen LogP contribution in [-0.2, 0) is 26.7 Å². The van der Waals surface area contributed by atoms with E-state index in [1.54, 1.807) is 5.32 Å². The van der Waals surface area contributed by atoms with Crippen molar-refractivity contribution in [2.75, 3.05) is 25.0 Å². The first-order valence-electron chi connectivity index (χ1n) is 11.8. The van der Waals surface area contributed by atoms with Gasteiger partial charge in [0.2, 0.25) is 10.0 Å². The van der Waals surface area contributed by atoms with Crippen LogP contribution in [0.25, 0.3) is 0 Å². The van der Waals surface area contributed by atoms with Crippen molar-refractivity contribution in [1.82, 2.24) is 19.5 Å². The fraction of sp³-hybridized carbons (Fsp3) is 0.435. The minimum absolute atomic E-state index is 0.216. The maximum absolute atomic E-state index is 13.6. The highest BCUT2D eigenvalue weighted by Gasteiger charge is 2.45. The fourth-order valence-corrected chi connectivity index (χ4v) is 6.43. The summed E-state index contributed by atoms with van der Waals surface area (Å²) in [6.07, 6.45) is -4.76. The number of anilines is 1. The molecule has 4 rings (SSSR count). The van der Waals surface area contributed by atoms with Crippen molar-refractivity contribution in [2.45, 2.75) is 37.0 Å². The third kappa shape index (κ3) is 5.60. The molecule has 3 heterocycles.